The van der Waals surface area contributed by atoms with Gasteiger partial charge < -0.3 is 15.7 Å². The van der Waals surface area contributed by atoms with Crippen molar-refractivity contribution in [1.82, 2.24) is 5.32 Å². The number of anilines is 1. The molecule has 21 heavy (non-hydrogen) atoms. The van der Waals surface area contributed by atoms with E-state index in [-0.39, 0.29) is 12.2 Å². The summed E-state index contributed by atoms with van der Waals surface area (Å²) in [4.78, 5) is 11.7. The summed E-state index contributed by atoms with van der Waals surface area (Å²) in [6.07, 6.45) is -1.39. The third kappa shape index (κ3) is 4.35. The molecule has 1 fully saturated rings. The van der Waals surface area contributed by atoms with E-state index >= 15 is 0 Å². The largest absolute Gasteiger partial charge is 0.416 e. The molecule has 2 rings (SSSR count). The second-order valence-corrected chi connectivity index (χ2v) is 5.32. The Morgan fingerprint density at radius 1 is 1.29 bits per heavy atom. The predicted octanol–water partition coefficient (Wildman–Crippen LogP) is 3.13. The number of urea groups is 1. The molecule has 0 aromatic heterocycles. The first-order chi connectivity index (χ1) is 9.78. The highest BCUT2D eigenvalue weighted by molar-refractivity contribution is 5.89. The molecule has 4 nitrogen and oxygen atoms in total. The van der Waals surface area contributed by atoms with E-state index in [2.05, 4.69) is 10.6 Å². The summed E-state index contributed by atoms with van der Waals surface area (Å²) in [5, 5.41) is 14.9. The van der Waals surface area contributed by atoms with Crippen LogP contribution in [-0.4, -0.2) is 23.3 Å². The van der Waals surface area contributed by atoms with Gasteiger partial charge in [-0.15, -0.1) is 0 Å². The number of aliphatic hydroxyl groups is 1. The zero-order chi connectivity index (χ0) is 15.5. The van der Waals surface area contributed by atoms with Crippen LogP contribution in [0.2, 0.25) is 0 Å². The molecule has 2 amide bonds. The van der Waals surface area contributed by atoms with Gasteiger partial charge in [0, 0.05) is 12.2 Å². The molecule has 0 atom stereocenters. The van der Waals surface area contributed by atoms with Gasteiger partial charge in [0.15, 0.2) is 0 Å². The van der Waals surface area contributed by atoms with Crippen molar-refractivity contribution in [1.29, 1.82) is 0 Å². The smallest absolute Gasteiger partial charge is 0.388 e. The topological polar surface area (TPSA) is 61.4 Å². The van der Waals surface area contributed by atoms with Crippen LogP contribution in [0.1, 0.15) is 31.2 Å². The summed E-state index contributed by atoms with van der Waals surface area (Å²) >= 11 is 0. The fourth-order valence-corrected chi connectivity index (χ4v) is 2.40. The third-order valence-electron chi connectivity index (χ3n) is 3.56. The van der Waals surface area contributed by atoms with Gasteiger partial charge in [0.25, 0.3) is 0 Å². The first kappa shape index (κ1) is 15.6. The van der Waals surface area contributed by atoms with E-state index < -0.39 is 23.4 Å². The molecule has 1 aliphatic rings. The number of nitrogens with one attached hydrogen (secondary N) is 2. The molecule has 0 radical (unpaired) electrons. The molecule has 7 heteroatoms. The van der Waals surface area contributed by atoms with Gasteiger partial charge in [0.05, 0.1) is 11.2 Å². The lowest BCUT2D eigenvalue weighted by Crippen LogP contribution is -2.42. The number of benzene rings is 1. The Morgan fingerprint density at radius 3 is 2.57 bits per heavy atom. The molecule has 0 heterocycles. The summed E-state index contributed by atoms with van der Waals surface area (Å²) in [6.45, 7) is 0.0950. The number of alkyl halides is 3. The van der Waals surface area contributed by atoms with Crippen LogP contribution in [0, 0.1) is 0 Å². The summed E-state index contributed by atoms with van der Waals surface area (Å²) < 4.78 is 37.6. The Hall–Kier alpha value is -1.76. The number of hydrogen-bond donors (Lipinski definition) is 3. The van der Waals surface area contributed by atoms with E-state index in [1.807, 2.05) is 0 Å². The van der Waals surface area contributed by atoms with Crippen LogP contribution in [-0.2, 0) is 6.18 Å². The number of rotatable bonds is 3. The van der Waals surface area contributed by atoms with Gasteiger partial charge in [-0.25, -0.2) is 4.79 Å². The fourth-order valence-electron chi connectivity index (χ4n) is 2.40. The molecule has 1 aliphatic carbocycles. The highest BCUT2D eigenvalue weighted by Gasteiger charge is 2.32. The maximum atomic E-state index is 12.5. The Balaban J connectivity index is 1.91. The lowest BCUT2D eigenvalue weighted by atomic mass is 10.0. The molecule has 0 bridgehead atoms. The van der Waals surface area contributed by atoms with Crippen LogP contribution >= 0.6 is 0 Å². The summed E-state index contributed by atoms with van der Waals surface area (Å²) in [5.74, 6) is 0. The van der Waals surface area contributed by atoms with E-state index in [4.69, 9.17) is 0 Å². The van der Waals surface area contributed by atoms with Crippen molar-refractivity contribution < 1.29 is 23.1 Å². The number of hydrogen-bond acceptors (Lipinski definition) is 2. The second kappa shape index (κ2) is 5.93. The van der Waals surface area contributed by atoms with Crippen molar-refractivity contribution in [2.24, 2.45) is 0 Å². The molecule has 0 saturated heterocycles. The number of carbonyl (C=O) groups is 1. The minimum Gasteiger partial charge on any atom is -0.388 e. The molecule has 3 N–H and O–H groups in total. The molecular formula is C14H17F3N2O2. The van der Waals surface area contributed by atoms with Crippen LogP contribution in [0.15, 0.2) is 24.3 Å². The van der Waals surface area contributed by atoms with E-state index in [1.54, 1.807) is 0 Å². The van der Waals surface area contributed by atoms with Gasteiger partial charge in [-0.2, -0.15) is 13.2 Å². The standard InChI is InChI=1S/C14H17F3N2O2/c15-14(16,17)10-4-3-5-11(8-10)19-12(20)18-9-13(21)6-1-2-7-13/h3-5,8,21H,1-2,6-7,9H2,(H2,18,19,20). The van der Waals surface area contributed by atoms with Crippen molar-refractivity contribution >= 4 is 11.7 Å². The molecule has 1 saturated carbocycles. The molecule has 0 aliphatic heterocycles. The van der Waals surface area contributed by atoms with Crippen LogP contribution in [0.4, 0.5) is 23.7 Å². The third-order valence-corrected chi connectivity index (χ3v) is 3.56. The number of carbonyl (C=O) groups excluding carboxylic acids is 1. The number of halogens is 3. The molecule has 0 spiro atoms. The molecule has 1 aromatic carbocycles. The van der Waals surface area contributed by atoms with Gasteiger partial charge in [-0.1, -0.05) is 18.9 Å². The zero-order valence-electron chi connectivity index (χ0n) is 11.3. The fraction of sp³-hybridized carbons (Fsp3) is 0.500. The van der Waals surface area contributed by atoms with Gasteiger partial charge in [0.2, 0.25) is 0 Å². The molecule has 116 valence electrons. The average molecular weight is 302 g/mol. The number of amides is 2. The second-order valence-electron chi connectivity index (χ2n) is 5.32. The maximum Gasteiger partial charge on any atom is 0.416 e. The summed E-state index contributed by atoms with van der Waals surface area (Å²) in [6, 6.07) is 3.77. The summed E-state index contributed by atoms with van der Waals surface area (Å²) in [7, 11) is 0. The van der Waals surface area contributed by atoms with Crippen LogP contribution in [0.25, 0.3) is 0 Å². The Kier molecular flexibility index (Phi) is 4.41. The van der Waals surface area contributed by atoms with Gasteiger partial charge in [-0.05, 0) is 31.0 Å². The van der Waals surface area contributed by atoms with Crippen LogP contribution in [0.3, 0.4) is 0 Å². The zero-order valence-corrected chi connectivity index (χ0v) is 11.3. The minimum atomic E-state index is -4.45. The van der Waals surface area contributed by atoms with Crippen LogP contribution < -0.4 is 10.6 Å². The van der Waals surface area contributed by atoms with E-state index in [0.717, 1.165) is 25.0 Å². The van der Waals surface area contributed by atoms with Crippen molar-refractivity contribution in [3.63, 3.8) is 0 Å². The quantitative estimate of drug-likeness (QED) is 0.803. The van der Waals surface area contributed by atoms with Gasteiger partial charge >= 0.3 is 12.2 Å². The van der Waals surface area contributed by atoms with Crippen LogP contribution in [0.5, 0.6) is 0 Å². The van der Waals surface area contributed by atoms with Crippen molar-refractivity contribution in [2.45, 2.75) is 37.5 Å². The first-order valence-corrected chi connectivity index (χ1v) is 6.73. The normalized spacial score (nSPS) is 17.5. The Labute approximate surface area is 120 Å². The molecule has 1 aromatic rings. The molecular weight excluding hydrogens is 285 g/mol. The van der Waals surface area contributed by atoms with Gasteiger partial charge in [-0.3, -0.25) is 0 Å². The highest BCUT2D eigenvalue weighted by atomic mass is 19.4. The van der Waals surface area contributed by atoms with Crippen molar-refractivity contribution in [3.8, 4) is 0 Å². The maximum absolute atomic E-state index is 12.5. The SMILES string of the molecule is O=C(NCC1(O)CCCC1)Nc1cccc(C(F)(F)F)c1. The lowest BCUT2D eigenvalue weighted by Gasteiger charge is -2.22. The van der Waals surface area contributed by atoms with E-state index in [1.165, 1.54) is 12.1 Å². The predicted molar refractivity (Wildman–Crippen MR) is 71.9 cm³/mol. The lowest BCUT2D eigenvalue weighted by molar-refractivity contribution is -0.137. The first-order valence-electron chi connectivity index (χ1n) is 6.73. The highest BCUT2D eigenvalue weighted by Crippen LogP contribution is 2.31. The van der Waals surface area contributed by atoms with Crippen molar-refractivity contribution in [3.05, 3.63) is 29.8 Å². The van der Waals surface area contributed by atoms with E-state index in [0.29, 0.717) is 12.8 Å². The Bertz CT molecular complexity index is 511. The average Bonchev–Trinajstić information content (AvgIpc) is 2.83. The Morgan fingerprint density at radius 2 is 1.95 bits per heavy atom. The monoisotopic (exact) mass is 302 g/mol. The van der Waals surface area contributed by atoms with E-state index in [9.17, 15) is 23.1 Å². The minimum absolute atomic E-state index is 0.0562. The van der Waals surface area contributed by atoms with Crippen molar-refractivity contribution in [2.75, 3.05) is 11.9 Å². The summed E-state index contributed by atoms with van der Waals surface area (Å²) in [5.41, 5.74) is -1.67. The van der Waals surface area contributed by atoms with Gasteiger partial charge in [0.1, 0.15) is 0 Å². The molecule has 0 unspecified atom stereocenters.